The lowest BCUT2D eigenvalue weighted by Gasteiger charge is -2.13. The zero-order valence-electron chi connectivity index (χ0n) is 10.9. The molecule has 96 valence electrons. The summed E-state index contributed by atoms with van der Waals surface area (Å²) >= 11 is 0. The van der Waals surface area contributed by atoms with E-state index in [1.807, 2.05) is 12.1 Å². The third-order valence-corrected chi connectivity index (χ3v) is 2.80. The number of rotatable bonds is 7. The first-order chi connectivity index (χ1) is 8.13. The van der Waals surface area contributed by atoms with Crippen LogP contribution in [-0.4, -0.2) is 26.8 Å². The summed E-state index contributed by atoms with van der Waals surface area (Å²) in [6, 6.07) is 5.49. The molecular weight excluding hydrogens is 217 g/mol. The van der Waals surface area contributed by atoms with Gasteiger partial charge in [0, 0.05) is 13.7 Å². The fourth-order valence-electron chi connectivity index (χ4n) is 1.76. The van der Waals surface area contributed by atoms with Crippen LogP contribution in [0.5, 0.6) is 0 Å². The van der Waals surface area contributed by atoms with Gasteiger partial charge in [0.1, 0.15) is 5.82 Å². The van der Waals surface area contributed by atoms with Crippen molar-refractivity contribution in [2.45, 2.75) is 20.3 Å². The summed E-state index contributed by atoms with van der Waals surface area (Å²) in [7, 11) is 1.69. The normalized spacial score (nSPS) is 12.7. The van der Waals surface area contributed by atoms with Crippen molar-refractivity contribution < 1.29 is 9.13 Å². The number of benzene rings is 1. The molecule has 17 heavy (non-hydrogen) atoms. The molecule has 0 aliphatic rings. The Bertz CT molecular complexity index is 341. The molecule has 0 bridgehead atoms. The number of hydrogen-bond acceptors (Lipinski definition) is 2. The van der Waals surface area contributed by atoms with Crippen molar-refractivity contribution >= 4 is 0 Å². The minimum Gasteiger partial charge on any atom is -0.383 e. The second-order valence-electron chi connectivity index (χ2n) is 4.59. The molecule has 0 saturated carbocycles. The second-order valence-corrected chi connectivity index (χ2v) is 4.59. The smallest absolute Gasteiger partial charge is 0.126 e. The highest BCUT2D eigenvalue weighted by atomic mass is 19.1. The Morgan fingerprint density at radius 3 is 2.82 bits per heavy atom. The average Bonchev–Trinajstić information content (AvgIpc) is 2.30. The van der Waals surface area contributed by atoms with Crippen LogP contribution in [0.25, 0.3) is 0 Å². The summed E-state index contributed by atoms with van der Waals surface area (Å²) in [5, 5.41) is 3.31. The van der Waals surface area contributed by atoms with Crippen molar-refractivity contribution in [2.75, 3.05) is 26.8 Å². The van der Waals surface area contributed by atoms with Gasteiger partial charge >= 0.3 is 0 Å². The van der Waals surface area contributed by atoms with E-state index in [1.54, 1.807) is 20.1 Å². The van der Waals surface area contributed by atoms with E-state index in [9.17, 15) is 4.39 Å². The van der Waals surface area contributed by atoms with Crippen LogP contribution in [0.4, 0.5) is 4.39 Å². The number of nitrogens with one attached hydrogen (secondary N) is 1. The van der Waals surface area contributed by atoms with Gasteiger partial charge in [-0.25, -0.2) is 4.39 Å². The van der Waals surface area contributed by atoms with Gasteiger partial charge in [-0.05, 0) is 43.0 Å². The maximum Gasteiger partial charge on any atom is 0.126 e. The van der Waals surface area contributed by atoms with E-state index in [0.29, 0.717) is 11.5 Å². The molecule has 0 spiro atoms. The Morgan fingerprint density at radius 2 is 2.18 bits per heavy atom. The molecule has 1 atom stereocenters. The summed E-state index contributed by atoms with van der Waals surface area (Å²) in [6.45, 7) is 6.47. The fraction of sp³-hybridized carbons (Fsp3) is 0.571. The molecule has 0 aliphatic carbocycles. The molecule has 1 N–H and O–H groups in total. The largest absolute Gasteiger partial charge is 0.383 e. The number of ether oxygens (including phenoxy) is 1. The third kappa shape index (κ3) is 5.29. The minimum atomic E-state index is -0.109. The molecule has 3 heteroatoms. The zero-order valence-corrected chi connectivity index (χ0v) is 10.9. The van der Waals surface area contributed by atoms with Crippen LogP contribution in [0.3, 0.4) is 0 Å². The molecule has 0 aliphatic heterocycles. The standard InChI is InChI=1S/C14H22FNO/c1-11(10-16-6-7-17-3)8-13-5-4-12(2)14(15)9-13/h4-5,9,11,16H,6-8,10H2,1-3H3. The summed E-state index contributed by atoms with van der Waals surface area (Å²) < 4.78 is 18.3. The van der Waals surface area contributed by atoms with E-state index in [1.165, 1.54) is 0 Å². The lowest BCUT2D eigenvalue weighted by atomic mass is 10.00. The highest BCUT2D eigenvalue weighted by molar-refractivity contribution is 5.23. The van der Waals surface area contributed by atoms with Gasteiger partial charge in [0.15, 0.2) is 0 Å². The Balaban J connectivity index is 2.34. The van der Waals surface area contributed by atoms with Crippen molar-refractivity contribution in [3.63, 3.8) is 0 Å². The lowest BCUT2D eigenvalue weighted by molar-refractivity contribution is 0.198. The third-order valence-electron chi connectivity index (χ3n) is 2.80. The van der Waals surface area contributed by atoms with E-state index in [4.69, 9.17) is 4.74 Å². The first kappa shape index (κ1) is 14.1. The van der Waals surface area contributed by atoms with Gasteiger partial charge in [0.05, 0.1) is 6.61 Å². The first-order valence-electron chi connectivity index (χ1n) is 6.08. The van der Waals surface area contributed by atoms with Crippen molar-refractivity contribution in [3.8, 4) is 0 Å². The molecule has 1 unspecified atom stereocenters. The van der Waals surface area contributed by atoms with Crippen LogP contribution in [0.2, 0.25) is 0 Å². The van der Waals surface area contributed by atoms with Gasteiger partial charge < -0.3 is 10.1 Å². The molecule has 1 rings (SSSR count). The van der Waals surface area contributed by atoms with Gasteiger partial charge in [-0.3, -0.25) is 0 Å². The monoisotopic (exact) mass is 239 g/mol. The number of halogens is 1. The Labute approximate surface area is 103 Å². The van der Waals surface area contributed by atoms with Crippen LogP contribution in [0, 0.1) is 18.7 Å². The Hall–Kier alpha value is -0.930. The topological polar surface area (TPSA) is 21.3 Å². The average molecular weight is 239 g/mol. The highest BCUT2D eigenvalue weighted by Crippen LogP contribution is 2.12. The van der Waals surface area contributed by atoms with Crippen molar-refractivity contribution in [1.82, 2.24) is 5.32 Å². The molecule has 0 heterocycles. The maximum atomic E-state index is 13.3. The van der Waals surface area contributed by atoms with Crippen molar-refractivity contribution in [3.05, 3.63) is 35.1 Å². The summed E-state index contributed by atoms with van der Waals surface area (Å²) in [4.78, 5) is 0. The van der Waals surface area contributed by atoms with E-state index >= 15 is 0 Å². The van der Waals surface area contributed by atoms with Gasteiger partial charge in [0.25, 0.3) is 0 Å². The van der Waals surface area contributed by atoms with E-state index < -0.39 is 0 Å². The van der Waals surface area contributed by atoms with E-state index in [0.717, 1.165) is 31.7 Å². The predicted molar refractivity (Wildman–Crippen MR) is 68.8 cm³/mol. The van der Waals surface area contributed by atoms with E-state index in [2.05, 4.69) is 12.2 Å². The minimum absolute atomic E-state index is 0.109. The number of methoxy groups -OCH3 is 1. The summed E-state index contributed by atoms with van der Waals surface area (Å²) in [6.07, 6.45) is 0.900. The molecule has 0 amide bonds. The molecule has 0 fully saturated rings. The van der Waals surface area contributed by atoms with Crippen LogP contribution in [0.15, 0.2) is 18.2 Å². The van der Waals surface area contributed by atoms with Crippen LogP contribution in [-0.2, 0) is 11.2 Å². The highest BCUT2D eigenvalue weighted by Gasteiger charge is 2.05. The Kier molecular flexibility index (Phi) is 6.16. The molecule has 0 radical (unpaired) electrons. The maximum absolute atomic E-state index is 13.3. The van der Waals surface area contributed by atoms with Crippen LogP contribution in [0.1, 0.15) is 18.1 Å². The second kappa shape index (κ2) is 7.41. The van der Waals surface area contributed by atoms with Gasteiger partial charge in [-0.1, -0.05) is 19.1 Å². The van der Waals surface area contributed by atoms with E-state index in [-0.39, 0.29) is 5.82 Å². The molecule has 0 aromatic heterocycles. The zero-order chi connectivity index (χ0) is 12.7. The molecular formula is C14H22FNO. The van der Waals surface area contributed by atoms with Crippen molar-refractivity contribution in [2.24, 2.45) is 5.92 Å². The fourth-order valence-corrected chi connectivity index (χ4v) is 1.76. The van der Waals surface area contributed by atoms with Gasteiger partial charge in [-0.2, -0.15) is 0 Å². The van der Waals surface area contributed by atoms with Gasteiger partial charge in [-0.15, -0.1) is 0 Å². The molecule has 2 nitrogen and oxygen atoms in total. The molecule has 1 aromatic rings. The SMILES string of the molecule is COCCNCC(C)Cc1ccc(C)c(F)c1. The summed E-state index contributed by atoms with van der Waals surface area (Å²) in [5.41, 5.74) is 1.77. The number of hydrogen-bond donors (Lipinski definition) is 1. The molecule has 0 saturated heterocycles. The lowest BCUT2D eigenvalue weighted by Crippen LogP contribution is -2.25. The Morgan fingerprint density at radius 1 is 1.41 bits per heavy atom. The summed E-state index contributed by atoms with van der Waals surface area (Å²) in [5.74, 6) is 0.385. The predicted octanol–water partition coefficient (Wildman–Crippen LogP) is 2.55. The van der Waals surface area contributed by atoms with Gasteiger partial charge in [0.2, 0.25) is 0 Å². The van der Waals surface area contributed by atoms with Crippen LogP contribution >= 0.6 is 0 Å². The quantitative estimate of drug-likeness (QED) is 0.738. The van der Waals surface area contributed by atoms with Crippen molar-refractivity contribution in [1.29, 1.82) is 0 Å². The number of aryl methyl sites for hydroxylation is 1. The molecule has 1 aromatic carbocycles. The van der Waals surface area contributed by atoms with Crippen LogP contribution < -0.4 is 5.32 Å². The first-order valence-corrected chi connectivity index (χ1v) is 6.08.